The van der Waals surface area contributed by atoms with E-state index in [-0.39, 0.29) is 11.0 Å². The second-order valence-electron chi connectivity index (χ2n) is 8.91. The van der Waals surface area contributed by atoms with Crippen molar-refractivity contribution < 1.29 is 14.4 Å². The van der Waals surface area contributed by atoms with E-state index >= 15 is 0 Å². The molecule has 5 heteroatoms. The maximum Gasteiger partial charge on any atom is 0.274 e. The Labute approximate surface area is 161 Å². The Morgan fingerprint density at radius 3 is 2.89 bits per heavy atom. The van der Waals surface area contributed by atoms with E-state index in [4.69, 9.17) is 5.21 Å². The number of rotatable bonds is 4. The van der Waals surface area contributed by atoms with Crippen molar-refractivity contribution in [3.05, 3.63) is 47.3 Å². The maximum absolute atomic E-state index is 14.5. The lowest BCUT2D eigenvalue weighted by molar-refractivity contribution is 0.0283. The van der Waals surface area contributed by atoms with E-state index in [1.165, 1.54) is 24.5 Å². The normalized spacial score (nSPS) is 29.6. The van der Waals surface area contributed by atoms with Crippen molar-refractivity contribution in [2.75, 3.05) is 13.1 Å². The lowest BCUT2D eigenvalue weighted by Crippen LogP contribution is -2.46. The van der Waals surface area contributed by atoms with Gasteiger partial charge in [0.25, 0.3) is 5.91 Å². The zero-order valence-electron chi connectivity index (χ0n) is 16.4. The molecule has 0 bridgehead atoms. The van der Waals surface area contributed by atoms with Gasteiger partial charge in [0.05, 0.1) is 0 Å². The molecule has 1 aliphatic heterocycles. The quantitative estimate of drug-likeness (QED) is 0.462. The Morgan fingerprint density at radius 2 is 2.22 bits per heavy atom. The first-order chi connectivity index (χ1) is 12.8. The molecule has 1 saturated carbocycles. The number of benzene rings is 1. The van der Waals surface area contributed by atoms with Crippen molar-refractivity contribution in [2.24, 2.45) is 17.3 Å². The maximum atomic E-state index is 14.5. The molecule has 3 atom stereocenters. The van der Waals surface area contributed by atoms with Crippen LogP contribution in [-0.2, 0) is 6.54 Å². The number of piperidine rings is 1. The number of nitrogens with zero attached hydrogens (tertiary/aromatic N) is 1. The third kappa shape index (κ3) is 4.58. The van der Waals surface area contributed by atoms with Crippen molar-refractivity contribution >= 4 is 5.91 Å². The summed E-state index contributed by atoms with van der Waals surface area (Å²) in [5, 5.41) is 8.69. The van der Waals surface area contributed by atoms with Gasteiger partial charge in [0.2, 0.25) is 0 Å². The van der Waals surface area contributed by atoms with Crippen LogP contribution < -0.4 is 5.48 Å². The smallest absolute Gasteiger partial charge is 0.274 e. The van der Waals surface area contributed by atoms with Crippen molar-refractivity contribution in [2.45, 2.75) is 52.5 Å². The Bertz CT molecular complexity index is 720. The average Bonchev–Trinajstić information content (AvgIpc) is 2.62. The van der Waals surface area contributed by atoms with Gasteiger partial charge in [-0.3, -0.25) is 14.9 Å². The monoisotopic (exact) mass is 374 g/mol. The first-order valence-electron chi connectivity index (χ1n) is 9.92. The van der Waals surface area contributed by atoms with Crippen LogP contribution in [-0.4, -0.2) is 29.1 Å². The number of carbonyl (C=O) groups excluding carboxylic acids is 1. The molecule has 1 aliphatic carbocycles. The summed E-state index contributed by atoms with van der Waals surface area (Å²) in [5.74, 6) is 0.254. The minimum atomic E-state index is -0.697. The molecule has 148 valence electrons. The van der Waals surface area contributed by atoms with Gasteiger partial charge in [-0.25, -0.2) is 9.87 Å². The SMILES string of the molecule is C=C1CC(C)CC(C2(C)CCCN(Cc3ccc(C(=O)NO)cc3F)C2)C1. The summed E-state index contributed by atoms with van der Waals surface area (Å²) in [6.07, 6.45) is 5.86. The largest absolute Gasteiger partial charge is 0.298 e. The molecule has 0 spiro atoms. The molecule has 2 N–H and O–H groups in total. The van der Waals surface area contributed by atoms with Crippen molar-refractivity contribution in [3.8, 4) is 0 Å². The van der Waals surface area contributed by atoms with Gasteiger partial charge >= 0.3 is 0 Å². The number of hydrogen-bond acceptors (Lipinski definition) is 3. The Hall–Kier alpha value is -1.72. The van der Waals surface area contributed by atoms with Crippen LogP contribution in [0.2, 0.25) is 0 Å². The van der Waals surface area contributed by atoms with Crippen LogP contribution in [0.5, 0.6) is 0 Å². The molecule has 1 aromatic rings. The zero-order chi connectivity index (χ0) is 19.6. The van der Waals surface area contributed by atoms with Gasteiger partial charge in [-0.2, -0.15) is 0 Å². The first-order valence-corrected chi connectivity index (χ1v) is 9.92. The molecule has 3 unspecified atom stereocenters. The van der Waals surface area contributed by atoms with E-state index in [1.54, 1.807) is 17.6 Å². The molecule has 2 fully saturated rings. The molecule has 1 aromatic carbocycles. The van der Waals surface area contributed by atoms with Gasteiger partial charge in [-0.15, -0.1) is 0 Å². The summed E-state index contributed by atoms with van der Waals surface area (Å²) in [5.41, 5.74) is 3.87. The summed E-state index contributed by atoms with van der Waals surface area (Å²) >= 11 is 0. The first kappa shape index (κ1) is 20.0. The lowest BCUT2D eigenvalue weighted by atomic mass is 9.63. The van der Waals surface area contributed by atoms with Gasteiger partial charge < -0.3 is 0 Å². The summed E-state index contributed by atoms with van der Waals surface area (Å²) in [7, 11) is 0. The van der Waals surface area contributed by atoms with Crippen LogP contribution in [0.4, 0.5) is 4.39 Å². The summed E-state index contributed by atoms with van der Waals surface area (Å²) in [4.78, 5) is 13.8. The molecule has 1 amide bonds. The molecule has 0 radical (unpaired) electrons. The van der Waals surface area contributed by atoms with E-state index in [9.17, 15) is 9.18 Å². The highest BCUT2D eigenvalue weighted by Crippen LogP contribution is 2.47. The minimum absolute atomic E-state index is 0.122. The van der Waals surface area contributed by atoms with E-state index < -0.39 is 11.7 Å². The third-order valence-corrected chi connectivity index (χ3v) is 6.46. The van der Waals surface area contributed by atoms with Crippen molar-refractivity contribution in [3.63, 3.8) is 0 Å². The number of allylic oxidation sites excluding steroid dienone is 1. The fraction of sp³-hybridized carbons (Fsp3) is 0.591. The molecular weight excluding hydrogens is 343 g/mol. The van der Waals surface area contributed by atoms with Gasteiger partial charge in [0, 0.05) is 24.2 Å². The fourth-order valence-corrected chi connectivity index (χ4v) is 5.07. The molecule has 2 aliphatic rings. The number of nitrogens with one attached hydrogen (secondary N) is 1. The number of amides is 1. The highest BCUT2D eigenvalue weighted by Gasteiger charge is 2.40. The number of hydroxylamine groups is 1. The Morgan fingerprint density at radius 1 is 1.44 bits per heavy atom. The highest BCUT2D eigenvalue weighted by molar-refractivity contribution is 5.93. The molecule has 27 heavy (non-hydrogen) atoms. The van der Waals surface area contributed by atoms with Crippen LogP contribution in [0.25, 0.3) is 0 Å². The van der Waals surface area contributed by atoms with Gasteiger partial charge in [-0.1, -0.05) is 32.1 Å². The lowest BCUT2D eigenvalue weighted by Gasteiger charge is -2.48. The minimum Gasteiger partial charge on any atom is -0.298 e. The molecule has 3 rings (SSSR count). The van der Waals surface area contributed by atoms with Crippen molar-refractivity contribution in [1.29, 1.82) is 0 Å². The summed E-state index contributed by atoms with van der Waals surface area (Å²) in [6, 6.07) is 4.40. The van der Waals surface area contributed by atoms with E-state index in [2.05, 4.69) is 25.3 Å². The predicted octanol–water partition coefficient (Wildman–Crippen LogP) is 4.54. The number of halogens is 1. The van der Waals surface area contributed by atoms with Crippen LogP contribution in [0.15, 0.2) is 30.4 Å². The summed E-state index contributed by atoms with van der Waals surface area (Å²) in [6.45, 7) is 11.4. The van der Waals surface area contributed by atoms with Crippen molar-refractivity contribution in [1.82, 2.24) is 10.4 Å². The molecular formula is C22H31FN2O2. The van der Waals surface area contributed by atoms with E-state index in [0.717, 1.165) is 32.4 Å². The third-order valence-electron chi connectivity index (χ3n) is 6.46. The van der Waals surface area contributed by atoms with Crippen LogP contribution >= 0.6 is 0 Å². The second kappa shape index (κ2) is 8.11. The van der Waals surface area contributed by atoms with E-state index in [1.807, 2.05) is 0 Å². The van der Waals surface area contributed by atoms with Crippen LogP contribution in [0.1, 0.15) is 61.9 Å². The number of carbonyl (C=O) groups is 1. The molecule has 1 saturated heterocycles. The second-order valence-corrected chi connectivity index (χ2v) is 8.91. The topological polar surface area (TPSA) is 52.6 Å². The summed E-state index contributed by atoms with van der Waals surface area (Å²) < 4.78 is 14.5. The fourth-order valence-electron chi connectivity index (χ4n) is 5.07. The molecule has 0 aromatic heterocycles. The van der Waals surface area contributed by atoms with E-state index in [0.29, 0.717) is 23.9 Å². The van der Waals surface area contributed by atoms with Gasteiger partial charge in [0.15, 0.2) is 0 Å². The number of likely N-dealkylation sites (tertiary alicyclic amines) is 1. The zero-order valence-corrected chi connectivity index (χ0v) is 16.4. The van der Waals surface area contributed by atoms with Crippen LogP contribution in [0, 0.1) is 23.1 Å². The highest BCUT2D eigenvalue weighted by atomic mass is 19.1. The number of hydrogen-bond donors (Lipinski definition) is 2. The van der Waals surface area contributed by atoms with Gasteiger partial charge in [-0.05, 0) is 68.0 Å². The average molecular weight is 375 g/mol. The molecule has 4 nitrogen and oxygen atoms in total. The van der Waals surface area contributed by atoms with Gasteiger partial charge in [0.1, 0.15) is 5.82 Å². The van der Waals surface area contributed by atoms with Crippen LogP contribution in [0.3, 0.4) is 0 Å². The standard InChI is InChI=1S/C22H31FN2O2/c1-15-9-16(2)11-19(10-15)22(3)7-4-8-25(14-22)13-18-6-5-17(12-20(18)23)21(26)24-27/h5-6,12,16,19,27H,1,4,7-11,13-14H2,2-3H3,(H,24,26). The predicted molar refractivity (Wildman–Crippen MR) is 104 cm³/mol. The molecule has 1 heterocycles. The Kier molecular flexibility index (Phi) is 6.02. The Balaban J connectivity index is 1.69.